The molecule has 2 aromatic rings. The molecule has 21 heavy (non-hydrogen) atoms. The van der Waals surface area contributed by atoms with Crippen molar-refractivity contribution in [3.05, 3.63) is 62.4 Å². The average molecular weight is 292 g/mol. The van der Waals surface area contributed by atoms with Crippen LogP contribution >= 0.6 is 0 Å². The summed E-state index contributed by atoms with van der Waals surface area (Å²) in [4.78, 5) is 20.4. The zero-order valence-corrected chi connectivity index (χ0v) is 10.8. The minimum Gasteiger partial charge on any atom is -0.497 e. The van der Waals surface area contributed by atoms with Crippen molar-refractivity contribution in [3.8, 4) is 16.9 Å². The van der Waals surface area contributed by atoms with Crippen molar-refractivity contribution in [2.45, 2.75) is 0 Å². The van der Waals surface area contributed by atoms with Crippen LogP contribution < -0.4 is 4.74 Å². The minimum atomic E-state index is -0.783. The Morgan fingerprint density at radius 3 is 2.29 bits per heavy atom. The van der Waals surface area contributed by atoms with Gasteiger partial charge in [0.1, 0.15) is 11.6 Å². The van der Waals surface area contributed by atoms with Crippen LogP contribution in [0.5, 0.6) is 5.75 Å². The predicted molar refractivity (Wildman–Crippen MR) is 71.7 cm³/mol. The van der Waals surface area contributed by atoms with Gasteiger partial charge in [0.2, 0.25) is 0 Å². The second kappa shape index (κ2) is 5.53. The van der Waals surface area contributed by atoms with Gasteiger partial charge in [0.05, 0.1) is 28.6 Å². The van der Waals surface area contributed by atoms with Crippen LogP contribution in [-0.4, -0.2) is 17.0 Å². The molecule has 0 unspecified atom stereocenters. The topological polar surface area (TPSA) is 95.5 Å². The summed E-state index contributed by atoms with van der Waals surface area (Å²) >= 11 is 0. The van der Waals surface area contributed by atoms with E-state index in [1.807, 2.05) is 0 Å². The fourth-order valence-corrected chi connectivity index (χ4v) is 1.85. The SMILES string of the molecule is COc1ccc(-c2cc([N+](=O)[O-])ccc2F)c([N+](=O)[O-])c1. The van der Waals surface area contributed by atoms with E-state index in [-0.39, 0.29) is 22.6 Å². The van der Waals surface area contributed by atoms with Crippen molar-refractivity contribution in [1.82, 2.24) is 0 Å². The normalized spacial score (nSPS) is 10.2. The lowest BCUT2D eigenvalue weighted by Gasteiger charge is -2.06. The molecule has 2 rings (SSSR count). The summed E-state index contributed by atoms with van der Waals surface area (Å²) in [5.74, 6) is -0.551. The number of methoxy groups -OCH3 is 1. The quantitative estimate of drug-likeness (QED) is 0.636. The Balaban J connectivity index is 2.68. The van der Waals surface area contributed by atoms with Gasteiger partial charge in [0.25, 0.3) is 11.4 Å². The fourth-order valence-electron chi connectivity index (χ4n) is 1.85. The van der Waals surface area contributed by atoms with Crippen LogP contribution in [-0.2, 0) is 0 Å². The highest BCUT2D eigenvalue weighted by Crippen LogP contribution is 2.36. The Hall–Kier alpha value is -3.03. The molecule has 0 N–H and O–H groups in total. The van der Waals surface area contributed by atoms with Crippen molar-refractivity contribution < 1.29 is 19.0 Å². The molecule has 0 bridgehead atoms. The van der Waals surface area contributed by atoms with E-state index in [1.165, 1.54) is 19.2 Å². The summed E-state index contributed by atoms with van der Waals surface area (Å²) in [6.07, 6.45) is 0. The smallest absolute Gasteiger partial charge is 0.281 e. The van der Waals surface area contributed by atoms with Gasteiger partial charge < -0.3 is 4.74 Å². The maximum absolute atomic E-state index is 13.9. The monoisotopic (exact) mass is 292 g/mol. The highest BCUT2D eigenvalue weighted by Gasteiger charge is 2.21. The Morgan fingerprint density at radius 2 is 1.71 bits per heavy atom. The van der Waals surface area contributed by atoms with Crippen molar-refractivity contribution in [3.63, 3.8) is 0 Å². The van der Waals surface area contributed by atoms with E-state index in [2.05, 4.69) is 0 Å². The number of benzene rings is 2. The third kappa shape index (κ3) is 2.78. The van der Waals surface area contributed by atoms with E-state index < -0.39 is 21.4 Å². The first-order chi connectivity index (χ1) is 9.93. The number of halogens is 1. The van der Waals surface area contributed by atoms with Gasteiger partial charge in [-0.1, -0.05) is 0 Å². The fraction of sp³-hybridized carbons (Fsp3) is 0.0769. The lowest BCUT2D eigenvalue weighted by molar-refractivity contribution is -0.385. The van der Waals surface area contributed by atoms with Crippen LogP contribution in [0.1, 0.15) is 0 Å². The van der Waals surface area contributed by atoms with Crippen LogP contribution in [0.15, 0.2) is 36.4 Å². The van der Waals surface area contributed by atoms with E-state index in [4.69, 9.17) is 4.74 Å². The maximum atomic E-state index is 13.9. The molecule has 0 saturated heterocycles. The first kappa shape index (κ1) is 14.4. The Kier molecular flexibility index (Phi) is 3.79. The molecular weight excluding hydrogens is 283 g/mol. The van der Waals surface area contributed by atoms with Crippen molar-refractivity contribution in [2.24, 2.45) is 0 Å². The summed E-state index contributed by atoms with van der Waals surface area (Å²) in [5.41, 5.74) is -1.01. The molecule has 8 heteroatoms. The molecule has 0 radical (unpaired) electrons. The van der Waals surface area contributed by atoms with Gasteiger partial charge in [-0.15, -0.1) is 0 Å². The van der Waals surface area contributed by atoms with Crippen LogP contribution in [0.2, 0.25) is 0 Å². The third-order valence-electron chi connectivity index (χ3n) is 2.85. The molecule has 0 aliphatic rings. The van der Waals surface area contributed by atoms with Crippen molar-refractivity contribution >= 4 is 11.4 Å². The number of non-ortho nitro benzene ring substituents is 1. The van der Waals surface area contributed by atoms with Gasteiger partial charge in [0.15, 0.2) is 0 Å². The third-order valence-corrected chi connectivity index (χ3v) is 2.85. The van der Waals surface area contributed by atoms with Crippen LogP contribution in [0.4, 0.5) is 15.8 Å². The summed E-state index contributed by atoms with van der Waals surface area (Å²) in [6, 6.07) is 6.70. The molecule has 0 spiro atoms. The molecule has 0 saturated carbocycles. The lowest BCUT2D eigenvalue weighted by atomic mass is 10.0. The first-order valence-corrected chi connectivity index (χ1v) is 5.70. The zero-order chi connectivity index (χ0) is 15.6. The summed E-state index contributed by atoms with van der Waals surface area (Å²) in [6.45, 7) is 0. The summed E-state index contributed by atoms with van der Waals surface area (Å²) in [5, 5.41) is 21.8. The van der Waals surface area contributed by atoms with E-state index >= 15 is 0 Å². The summed E-state index contributed by atoms with van der Waals surface area (Å²) < 4.78 is 18.7. The van der Waals surface area contributed by atoms with Gasteiger partial charge in [-0.3, -0.25) is 20.2 Å². The Labute approximate surface area is 117 Å². The van der Waals surface area contributed by atoms with Crippen molar-refractivity contribution in [2.75, 3.05) is 7.11 Å². The molecule has 0 heterocycles. The molecule has 0 fully saturated rings. The second-order valence-electron chi connectivity index (χ2n) is 4.06. The maximum Gasteiger partial charge on any atom is 0.281 e. The van der Waals surface area contributed by atoms with Gasteiger partial charge >= 0.3 is 0 Å². The van der Waals surface area contributed by atoms with Gasteiger partial charge in [-0.05, 0) is 18.2 Å². The molecule has 0 atom stereocenters. The zero-order valence-electron chi connectivity index (χ0n) is 10.8. The Morgan fingerprint density at radius 1 is 1.00 bits per heavy atom. The predicted octanol–water partition coefficient (Wildman–Crippen LogP) is 3.32. The van der Waals surface area contributed by atoms with Crippen LogP contribution in [0.3, 0.4) is 0 Å². The number of nitro benzene ring substituents is 2. The molecule has 0 aromatic heterocycles. The van der Waals surface area contributed by atoms with Gasteiger partial charge in [-0.2, -0.15) is 0 Å². The average Bonchev–Trinajstić information content (AvgIpc) is 2.46. The van der Waals surface area contributed by atoms with E-state index in [1.54, 1.807) is 0 Å². The van der Waals surface area contributed by atoms with E-state index in [0.29, 0.717) is 0 Å². The largest absolute Gasteiger partial charge is 0.497 e. The van der Waals surface area contributed by atoms with E-state index in [0.717, 1.165) is 24.3 Å². The molecule has 0 amide bonds. The highest BCUT2D eigenvalue weighted by atomic mass is 19.1. The molecule has 7 nitrogen and oxygen atoms in total. The number of nitro groups is 2. The Bertz CT molecular complexity index is 732. The van der Waals surface area contributed by atoms with Crippen molar-refractivity contribution in [1.29, 1.82) is 0 Å². The lowest BCUT2D eigenvalue weighted by Crippen LogP contribution is -1.96. The number of hydrogen-bond acceptors (Lipinski definition) is 5. The molecule has 2 aromatic carbocycles. The highest BCUT2D eigenvalue weighted by molar-refractivity contribution is 5.76. The van der Waals surface area contributed by atoms with Gasteiger partial charge in [-0.25, -0.2) is 4.39 Å². The number of rotatable bonds is 4. The molecular formula is C13H9FN2O5. The molecule has 0 aliphatic heterocycles. The molecule has 108 valence electrons. The van der Waals surface area contributed by atoms with Crippen LogP contribution in [0, 0.1) is 26.0 Å². The minimum absolute atomic E-state index is 0.0537. The standard InChI is InChI=1S/C13H9FN2O5/c1-21-9-3-4-10(13(7-9)16(19)20)11-6-8(15(17)18)2-5-12(11)14/h2-7H,1H3. The first-order valence-electron chi connectivity index (χ1n) is 5.70. The van der Waals surface area contributed by atoms with Crippen LogP contribution in [0.25, 0.3) is 11.1 Å². The van der Waals surface area contributed by atoms with E-state index in [9.17, 15) is 24.6 Å². The number of hydrogen-bond donors (Lipinski definition) is 0. The summed E-state index contributed by atoms with van der Waals surface area (Å²) in [7, 11) is 1.34. The number of ether oxygens (including phenoxy) is 1. The molecule has 0 aliphatic carbocycles. The van der Waals surface area contributed by atoms with Gasteiger partial charge in [0, 0.05) is 17.7 Å². The number of nitrogens with zero attached hydrogens (tertiary/aromatic N) is 2. The second-order valence-corrected chi connectivity index (χ2v) is 4.06.